The fraction of sp³-hybridized carbons (Fsp3) is 0.455. The van der Waals surface area contributed by atoms with Gasteiger partial charge in [-0.1, -0.05) is 36.4 Å². The first-order valence-electron chi connectivity index (χ1n) is 9.86. The lowest BCUT2D eigenvalue weighted by molar-refractivity contribution is 0.208. The van der Waals surface area contributed by atoms with Gasteiger partial charge >= 0.3 is 6.03 Å². The molecule has 2 aromatic rings. The minimum absolute atomic E-state index is 0.00469. The summed E-state index contributed by atoms with van der Waals surface area (Å²) in [6.07, 6.45) is 4.84. The van der Waals surface area contributed by atoms with Gasteiger partial charge in [0.25, 0.3) is 0 Å². The summed E-state index contributed by atoms with van der Waals surface area (Å²) in [7, 11) is 1.84. The van der Waals surface area contributed by atoms with Crippen LogP contribution in [0.15, 0.2) is 54.7 Å². The molecule has 5 heteroatoms. The number of carbonyl (C=O) groups is 1. The Kier molecular flexibility index (Phi) is 7.22. The van der Waals surface area contributed by atoms with Gasteiger partial charge in [0, 0.05) is 51.5 Å². The molecule has 1 aromatic heterocycles. The first-order valence-corrected chi connectivity index (χ1v) is 9.86. The molecule has 0 spiro atoms. The molecule has 1 aliphatic heterocycles. The third-order valence-corrected chi connectivity index (χ3v) is 5.22. The zero-order valence-electron chi connectivity index (χ0n) is 16.2. The van der Waals surface area contributed by atoms with E-state index in [2.05, 4.69) is 45.5 Å². The zero-order valence-corrected chi connectivity index (χ0v) is 16.2. The molecule has 0 aliphatic carbocycles. The lowest BCUT2D eigenvalue weighted by atomic mass is 10.1. The highest BCUT2D eigenvalue weighted by Gasteiger charge is 2.22. The molecule has 0 bridgehead atoms. The number of likely N-dealkylation sites (tertiary alicyclic amines) is 1. The van der Waals surface area contributed by atoms with Crippen LogP contribution in [0.4, 0.5) is 4.79 Å². The van der Waals surface area contributed by atoms with Crippen LogP contribution in [0.1, 0.15) is 24.1 Å². The number of likely N-dealkylation sites (N-methyl/N-ethyl adjacent to an activating group) is 1. The number of benzene rings is 1. The number of amides is 2. The summed E-state index contributed by atoms with van der Waals surface area (Å²) in [6, 6.07) is 16.5. The first-order chi connectivity index (χ1) is 13.2. The van der Waals surface area contributed by atoms with E-state index in [0.29, 0.717) is 12.5 Å². The maximum Gasteiger partial charge on any atom is 0.317 e. The van der Waals surface area contributed by atoms with E-state index in [-0.39, 0.29) is 6.03 Å². The van der Waals surface area contributed by atoms with Crippen molar-refractivity contribution in [3.63, 3.8) is 0 Å². The highest BCUT2D eigenvalue weighted by Crippen LogP contribution is 2.21. The van der Waals surface area contributed by atoms with Crippen LogP contribution in [-0.2, 0) is 13.0 Å². The van der Waals surface area contributed by atoms with E-state index < -0.39 is 0 Å². The highest BCUT2D eigenvalue weighted by atomic mass is 16.2. The Morgan fingerprint density at radius 2 is 2.04 bits per heavy atom. The predicted molar refractivity (Wildman–Crippen MR) is 108 cm³/mol. The van der Waals surface area contributed by atoms with Crippen molar-refractivity contribution in [2.45, 2.75) is 25.8 Å². The van der Waals surface area contributed by atoms with Gasteiger partial charge in [0.05, 0.1) is 0 Å². The van der Waals surface area contributed by atoms with Gasteiger partial charge in [0.1, 0.15) is 0 Å². The van der Waals surface area contributed by atoms with Crippen molar-refractivity contribution in [2.75, 3.05) is 33.2 Å². The van der Waals surface area contributed by atoms with E-state index in [9.17, 15) is 4.79 Å². The third-order valence-electron chi connectivity index (χ3n) is 5.22. The van der Waals surface area contributed by atoms with E-state index in [1.54, 1.807) is 11.1 Å². The smallest absolute Gasteiger partial charge is 0.317 e. The van der Waals surface area contributed by atoms with Gasteiger partial charge in [-0.15, -0.1) is 0 Å². The van der Waals surface area contributed by atoms with Crippen LogP contribution in [-0.4, -0.2) is 54.0 Å². The minimum Gasteiger partial charge on any atom is -0.338 e. The Morgan fingerprint density at radius 1 is 1.22 bits per heavy atom. The number of hydrogen-bond donors (Lipinski definition) is 1. The highest BCUT2D eigenvalue weighted by molar-refractivity contribution is 5.73. The molecule has 3 rings (SSSR count). The number of aromatic nitrogens is 1. The summed E-state index contributed by atoms with van der Waals surface area (Å²) < 4.78 is 0. The molecular formula is C22H30N4O. The Bertz CT molecular complexity index is 692. The van der Waals surface area contributed by atoms with Crippen LogP contribution in [0.5, 0.6) is 0 Å². The molecule has 1 atom stereocenters. The lowest BCUT2D eigenvalue weighted by Crippen LogP contribution is -2.39. The molecule has 1 fully saturated rings. The van der Waals surface area contributed by atoms with E-state index in [0.717, 1.165) is 44.7 Å². The Morgan fingerprint density at radius 3 is 2.81 bits per heavy atom. The molecule has 1 aromatic carbocycles. The molecule has 0 saturated carbocycles. The maximum absolute atomic E-state index is 12.2. The van der Waals surface area contributed by atoms with E-state index in [4.69, 9.17) is 0 Å². The molecule has 2 heterocycles. The van der Waals surface area contributed by atoms with Crippen molar-refractivity contribution < 1.29 is 4.79 Å². The van der Waals surface area contributed by atoms with Crippen LogP contribution in [0.3, 0.4) is 0 Å². The van der Waals surface area contributed by atoms with Crippen LogP contribution in [0.25, 0.3) is 0 Å². The van der Waals surface area contributed by atoms with Crippen molar-refractivity contribution in [3.8, 4) is 0 Å². The fourth-order valence-corrected chi connectivity index (χ4v) is 3.58. The largest absolute Gasteiger partial charge is 0.338 e. The summed E-state index contributed by atoms with van der Waals surface area (Å²) in [5.74, 6) is 0.674. The Labute approximate surface area is 162 Å². The second-order valence-electron chi connectivity index (χ2n) is 7.39. The lowest BCUT2D eigenvalue weighted by Gasteiger charge is -2.19. The summed E-state index contributed by atoms with van der Waals surface area (Å²) in [4.78, 5) is 20.8. The molecule has 1 aliphatic rings. The minimum atomic E-state index is 0.00469. The third kappa shape index (κ3) is 6.36. The fourth-order valence-electron chi connectivity index (χ4n) is 3.58. The van der Waals surface area contributed by atoms with Crippen LogP contribution >= 0.6 is 0 Å². The van der Waals surface area contributed by atoms with Crippen molar-refractivity contribution in [1.29, 1.82) is 0 Å². The van der Waals surface area contributed by atoms with Crippen LogP contribution in [0, 0.1) is 5.92 Å². The Hall–Kier alpha value is -2.40. The average Bonchev–Trinajstić information content (AvgIpc) is 3.14. The monoisotopic (exact) mass is 366 g/mol. The number of urea groups is 1. The van der Waals surface area contributed by atoms with Crippen LogP contribution in [0.2, 0.25) is 0 Å². The van der Waals surface area contributed by atoms with Crippen molar-refractivity contribution in [1.82, 2.24) is 20.1 Å². The molecule has 2 amide bonds. The summed E-state index contributed by atoms with van der Waals surface area (Å²) in [5, 5.41) is 3.06. The molecular weight excluding hydrogens is 336 g/mol. The molecule has 1 N–H and O–H groups in total. The van der Waals surface area contributed by atoms with E-state index in [1.807, 2.05) is 25.2 Å². The van der Waals surface area contributed by atoms with Gasteiger partial charge in [-0.2, -0.15) is 0 Å². The quantitative estimate of drug-likeness (QED) is 0.781. The summed E-state index contributed by atoms with van der Waals surface area (Å²) in [5.41, 5.74) is 2.39. The second-order valence-corrected chi connectivity index (χ2v) is 7.39. The first kappa shape index (κ1) is 19.4. The summed E-state index contributed by atoms with van der Waals surface area (Å²) in [6.45, 7) is 4.73. The number of nitrogens with one attached hydrogen (secondary N) is 1. The van der Waals surface area contributed by atoms with Gasteiger partial charge in [0.2, 0.25) is 0 Å². The maximum atomic E-state index is 12.2. The predicted octanol–water partition coefficient (Wildman–Crippen LogP) is 3.18. The normalized spacial score (nSPS) is 17.0. The second kappa shape index (κ2) is 10.1. The topological polar surface area (TPSA) is 48.5 Å². The zero-order chi connectivity index (χ0) is 18.9. The standard InChI is InChI=1S/C22H30N4O/c1-25(15-12-21-9-5-6-13-23-21)22(27)24-14-10-20-11-16-26(18-20)17-19-7-3-2-4-8-19/h2-9,13,20H,10-12,14-18H2,1H3,(H,24,27)/t20-/m1/s1. The van der Waals surface area contributed by atoms with Gasteiger partial charge in [-0.25, -0.2) is 4.79 Å². The number of hydrogen-bond acceptors (Lipinski definition) is 3. The molecule has 5 nitrogen and oxygen atoms in total. The molecule has 27 heavy (non-hydrogen) atoms. The van der Waals surface area contributed by atoms with E-state index in [1.165, 1.54) is 12.0 Å². The Balaban J connectivity index is 1.30. The van der Waals surface area contributed by atoms with Gasteiger partial charge in [-0.3, -0.25) is 9.88 Å². The molecule has 144 valence electrons. The number of carbonyl (C=O) groups excluding carboxylic acids is 1. The van der Waals surface area contributed by atoms with Gasteiger partial charge in [-0.05, 0) is 43.0 Å². The number of nitrogens with zero attached hydrogens (tertiary/aromatic N) is 3. The molecule has 1 saturated heterocycles. The SMILES string of the molecule is CN(CCc1ccccn1)C(=O)NCC[C@@H]1CCN(Cc2ccccc2)C1. The number of pyridine rings is 1. The number of rotatable bonds is 8. The molecule has 0 radical (unpaired) electrons. The molecule has 0 unspecified atom stereocenters. The van der Waals surface area contributed by atoms with Gasteiger partial charge in [0.15, 0.2) is 0 Å². The van der Waals surface area contributed by atoms with E-state index >= 15 is 0 Å². The average molecular weight is 367 g/mol. The van der Waals surface area contributed by atoms with Crippen LogP contribution < -0.4 is 5.32 Å². The van der Waals surface area contributed by atoms with Gasteiger partial charge < -0.3 is 10.2 Å². The van der Waals surface area contributed by atoms with Crippen molar-refractivity contribution in [2.24, 2.45) is 5.92 Å². The van der Waals surface area contributed by atoms with Crippen molar-refractivity contribution >= 4 is 6.03 Å². The van der Waals surface area contributed by atoms with Crippen molar-refractivity contribution in [3.05, 3.63) is 66.0 Å². The summed E-state index contributed by atoms with van der Waals surface area (Å²) >= 11 is 0.